The van der Waals surface area contributed by atoms with Gasteiger partial charge in [-0.05, 0) is 23.6 Å². The highest BCUT2D eigenvalue weighted by Gasteiger charge is 2.37. The third-order valence-corrected chi connectivity index (χ3v) is 3.69. The zero-order valence-electron chi connectivity index (χ0n) is 12.1. The molecule has 0 bridgehead atoms. The summed E-state index contributed by atoms with van der Waals surface area (Å²) < 4.78 is 5.07. The second-order valence-corrected chi connectivity index (χ2v) is 5.27. The molecular formula is C18H16NO3. The molecule has 1 radical (unpaired) electrons. The first kappa shape index (κ1) is 14.3. The van der Waals surface area contributed by atoms with Gasteiger partial charge in [0.15, 0.2) is 0 Å². The zero-order chi connectivity index (χ0) is 15.4. The molecule has 3 rings (SSSR count). The third kappa shape index (κ3) is 3.17. The van der Waals surface area contributed by atoms with Crippen LogP contribution in [0.1, 0.15) is 11.1 Å². The molecular weight excluding hydrogens is 278 g/mol. The average molecular weight is 294 g/mol. The van der Waals surface area contributed by atoms with Crippen molar-refractivity contribution >= 4 is 12.0 Å². The monoisotopic (exact) mass is 294 g/mol. The molecule has 1 aliphatic rings. The van der Waals surface area contributed by atoms with Crippen molar-refractivity contribution in [3.8, 4) is 0 Å². The molecule has 111 valence electrons. The highest BCUT2D eigenvalue weighted by atomic mass is 16.6. The normalized spacial score (nSPS) is 17.4. The number of carbonyl (C=O) groups is 2. The first-order chi connectivity index (χ1) is 10.7. The smallest absolute Gasteiger partial charge is 0.416 e. The van der Waals surface area contributed by atoms with Gasteiger partial charge >= 0.3 is 6.09 Å². The molecule has 4 nitrogen and oxygen atoms in total. The molecule has 1 heterocycles. The fourth-order valence-electron chi connectivity index (χ4n) is 2.60. The van der Waals surface area contributed by atoms with Crippen molar-refractivity contribution in [2.75, 3.05) is 6.61 Å². The van der Waals surface area contributed by atoms with Crippen LogP contribution in [0.2, 0.25) is 0 Å². The number of hydrogen-bond acceptors (Lipinski definition) is 3. The molecule has 0 spiro atoms. The van der Waals surface area contributed by atoms with Crippen LogP contribution in [0.3, 0.4) is 0 Å². The predicted octanol–water partition coefficient (Wildman–Crippen LogP) is 2.62. The number of rotatable bonds is 4. The Morgan fingerprint density at radius 3 is 2.59 bits per heavy atom. The van der Waals surface area contributed by atoms with E-state index in [1.54, 1.807) is 12.1 Å². The molecule has 0 aromatic heterocycles. The first-order valence-corrected chi connectivity index (χ1v) is 7.22. The van der Waals surface area contributed by atoms with Gasteiger partial charge in [0.25, 0.3) is 0 Å². The number of amides is 2. The van der Waals surface area contributed by atoms with E-state index in [-0.39, 0.29) is 25.0 Å². The van der Waals surface area contributed by atoms with Crippen molar-refractivity contribution in [1.29, 1.82) is 0 Å². The maximum Gasteiger partial charge on any atom is 0.416 e. The Labute approximate surface area is 129 Å². The lowest BCUT2D eigenvalue weighted by Crippen LogP contribution is -2.41. The van der Waals surface area contributed by atoms with Crippen LogP contribution in [0.4, 0.5) is 4.79 Å². The summed E-state index contributed by atoms with van der Waals surface area (Å²) in [5.74, 6) is -0.227. The van der Waals surface area contributed by atoms with Crippen molar-refractivity contribution in [2.24, 2.45) is 0 Å². The number of ether oxygens (including phenoxy) is 1. The van der Waals surface area contributed by atoms with E-state index in [1.165, 1.54) is 4.90 Å². The van der Waals surface area contributed by atoms with Crippen LogP contribution in [0.25, 0.3) is 0 Å². The molecule has 0 N–H and O–H groups in total. The van der Waals surface area contributed by atoms with Crippen molar-refractivity contribution in [1.82, 2.24) is 4.90 Å². The number of cyclic esters (lactones) is 1. The molecule has 2 aromatic rings. The Morgan fingerprint density at radius 2 is 1.86 bits per heavy atom. The van der Waals surface area contributed by atoms with Crippen molar-refractivity contribution in [3.05, 3.63) is 71.8 Å². The molecule has 0 unspecified atom stereocenters. The Kier molecular flexibility index (Phi) is 4.19. The molecule has 1 saturated heterocycles. The third-order valence-electron chi connectivity index (χ3n) is 3.69. The SMILES string of the molecule is O=C(Cc1cc[c]cc1)N1C(=O)OC[C@H]1Cc1ccccc1. The molecule has 2 amide bonds. The van der Waals surface area contributed by atoms with Crippen LogP contribution < -0.4 is 0 Å². The summed E-state index contributed by atoms with van der Waals surface area (Å²) >= 11 is 0. The number of hydrogen-bond donors (Lipinski definition) is 0. The van der Waals surface area contributed by atoms with Gasteiger partial charge in [-0.15, -0.1) is 0 Å². The predicted molar refractivity (Wildman–Crippen MR) is 81.1 cm³/mol. The number of imide groups is 1. The van der Waals surface area contributed by atoms with E-state index in [4.69, 9.17) is 4.74 Å². The van der Waals surface area contributed by atoms with E-state index in [2.05, 4.69) is 6.07 Å². The minimum absolute atomic E-state index is 0.190. The second kappa shape index (κ2) is 6.43. The van der Waals surface area contributed by atoms with E-state index in [0.29, 0.717) is 6.42 Å². The van der Waals surface area contributed by atoms with Gasteiger partial charge in [-0.1, -0.05) is 54.6 Å². The topological polar surface area (TPSA) is 46.6 Å². The van der Waals surface area contributed by atoms with E-state index < -0.39 is 6.09 Å². The van der Waals surface area contributed by atoms with E-state index in [1.807, 2.05) is 42.5 Å². The quantitative estimate of drug-likeness (QED) is 0.871. The summed E-state index contributed by atoms with van der Waals surface area (Å²) in [7, 11) is 0. The molecule has 0 aliphatic carbocycles. The lowest BCUT2D eigenvalue weighted by molar-refractivity contribution is -0.128. The molecule has 1 fully saturated rings. The van der Waals surface area contributed by atoms with E-state index >= 15 is 0 Å². The Hall–Kier alpha value is -2.62. The van der Waals surface area contributed by atoms with Gasteiger partial charge in [0.05, 0.1) is 12.5 Å². The van der Waals surface area contributed by atoms with Crippen LogP contribution >= 0.6 is 0 Å². The molecule has 1 aliphatic heterocycles. The number of nitrogens with zero attached hydrogens (tertiary/aromatic N) is 1. The largest absolute Gasteiger partial charge is 0.447 e. The Bertz CT molecular complexity index is 655. The summed E-state index contributed by atoms with van der Waals surface area (Å²) in [6.07, 6.45) is 0.254. The van der Waals surface area contributed by atoms with Gasteiger partial charge in [-0.25, -0.2) is 9.69 Å². The fourth-order valence-corrected chi connectivity index (χ4v) is 2.60. The fraction of sp³-hybridized carbons (Fsp3) is 0.222. The minimum atomic E-state index is -0.548. The van der Waals surface area contributed by atoms with Crippen molar-refractivity contribution in [2.45, 2.75) is 18.9 Å². The van der Waals surface area contributed by atoms with E-state index in [0.717, 1.165) is 11.1 Å². The van der Waals surface area contributed by atoms with Gasteiger partial charge < -0.3 is 4.74 Å². The van der Waals surface area contributed by atoms with Gasteiger partial charge in [0.2, 0.25) is 5.91 Å². The van der Waals surface area contributed by atoms with Crippen molar-refractivity contribution in [3.63, 3.8) is 0 Å². The van der Waals surface area contributed by atoms with Crippen molar-refractivity contribution < 1.29 is 14.3 Å². The molecule has 0 saturated carbocycles. The van der Waals surface area contributed by atoms with Gasteiger partial charge in [0, 0.05) is 0 Å². The summed E-state index contributed by atoms with van der Waals surface area (Å²) in [6, 6.07) is 19.6. The number of benzene rings is 2. The number of carbonyl (C=O) groups excluding carboxylic acids is 2. The second-order valence-electron chi connectivity index (χ2n) is 5.27. The van der Waals surface area contributed by atoms with Crippen LogP contribution in [-0.2, 0) is 22.4 Å². The summed E-state index contributed by atoms with van der Waals surface area (Å²) in [5.41, 5.74) is 1.94. The summed E-state index contributed by atoms with van der Waals surface area (Å²) in [4.78, 5) is 25.6. The maximum absolute atomic E-state index is 12.4. The first-order valence-electron chi connectivity index (χ1n) is 7.22. The van der Waals surface area contributed by atoms with Crippen LogP contribution in [0.5, 0.6) is 0 Å². The standard InChI is InChI=1S/C18H16NO3/c20-17(12-15-9-5-2-6-10-15)19-16(13-22-18(19)21)11-14-7-3-1-4-8-14/h1,3-10,16H,11-13H2/t16-/m1/s1. The highest BCUT2D eigenvalue weighted by molar-refractivity contribution is 5.94. The molecule has 2 aromatic carbocycles. The average Bonchev–Trinajstić information content (AvgIpc) is 2.90. The Balaban J connectivity index is 1.72. The highest BCUT2D eigenvalue weighted by Crippen LogP contribution is 2.18. The maximum atomic E-state index is 12.4. The minimum Gasteiger partial charge on any atom is -0.447 e. The van der Waals surface area contributed by atoms with Gasteiger partial charge in [-0.3, -0.25) is 4.79 Å². The Morgan fingerprint density at radius 1 is 1.14 bits per heavy atom. The van der Waals surface area contributed by atoms with Crippen LogP contribution in [0, 0.1) is 6.07 Å². The molecule has 1 atom stereocenters. The van der Waals surface area contributed by atoms with Crippen LogP contribution in [-0.4, -0.2) is 29.5 Å². The summed E-state index contributed by atoms with van der Waals surface area (Å²) in [6.45, 7) is 0.252. The lowest BCUT2D eigenvalue weighted by Gasteiger charge is -2.19. The molecule has 4 heteroatoms. The molecule has 22 heavy (non-hydrogen) atoms. The van der Waals surface area contributed by atoms with Crippen LogP contribution in [0.15, 0.2) is 54.6 Å². The van der Waals surface area contributed by atoms with E-state index in [9.17, 15) is 9.59 Å². The lowest BCUT2D eigenvalue weighted by atomic mass is 10.0. The van der Waals surface area contributed by atoms with Gasteiger partial charge in [0.1, 0.15) is 6.61 Å². The summed E-state index contributed by atoms with van der Waals surface area (Å²) in [5, 5.41) is 0. The van der Waals surface area contributed by atoms with Gasteiger partial charge in [-0.2, -0.15) is 0 Å². The zero-order valence-corrected chi connectivity index (χ0v) is 12.1.